The molecule has 3 N–H and O–H groups in total. The maximum atomic E-state index is 12.3. The number of nitrogens with zero attached hydrogens (tertiary/aromatic N) is 1. The van der Waals surface area contributed by atoms with Crippen molar-refractivity contribution in [3.63, 3.8) is 0 Å². The van der Waals surface area contributed by atoms with Crippen molar-refractivity contribution in [2.45, 2.75) is 50.9 Å². The smallest absolute Gasteiger partial charge is 0.345 e. The fourth-order valence-corrected chi connectivity index (χ4v) is 2.50. The molecular formula is C16H21F3N3O3+. The van der Waals surface area contributed by atoms with E-state index in [2.05, 4.69) is 10.2 Å². The lowest BCUT2D eigenvalue weighted by atomic mass is 10.0. The number of nitrogens with two attached hydrogens (primary N) is 1. The molecule has 1 saturated carbocycles. The summed E-state index contributed by atoms with van der Waals surface area (Å²) in [5.74, 6) is -2.37. The van der Waals surface area contributed by atoms with Crippen LogP contribution in [0, 0.1) is 5.92 Å². The molecule has 1 amide bonds. The first-order valence-electron chi connectivity index (χ1n) is 7.92. The molecular weight excluding hydrogens is 339 g/mol. The predicted octanol–water partition coefficient (Wildman–Crippen LogP) is 0.970. The quantitative estimate of drug-likeness (QED) is 0.741. The van der Waals surface area contributed by atoms with Crippen LogP contribution in [0.3, 0.4) is 0 Å². The molecule has 1 heterocycles. The highest BCUT2D eigenvalue weighted by atomic mass is 19.4. The first-order valence-corrected chi connectivity index (χ1v) is 7.92. The molecule has 1 aromatic rings. The number of aromatic nitrogens is 1. The van der Waals surface area contributed by atoms with E-state index in [0.717, 1.165) is 0 Å². The van der Waals surface area contributed by atoms with Gasteiger partial charge >= 0.3 is 12.1 Å². The number of carbonyl (C=O) groups excluding carboxylic acids is 2. The highest BCUT2D eigenvalue weighted by molar-refractivity contribution is 5.82. The lowest BCUT2D eigenvalue weighted by Crippen LogP contribution is -2.51. The molecule has 0 aliphatic heterocycles. The Morgan fingerprint density at radius 1 is 1.40 bits per heavy atom. The number of hydrogen-bond donors (Lipinski definition) is 2. The third-order valence-electron chi connectivity index (χ3n) is 3.92. The summed E-state index contributed by atoms with van der Waals surface area (Å²) in [6, 6.07) is 2.44. The molecule has 9 heteroatoms. The average Bonchev–Trinajstić information content (AvgIpc) is 3.26. The lowest BCUT2D eigenvalue weighted by molar-refractivity contribution is -0.871. The Kier molecular flexibility index (Phi) is 5.36. The number of pyridine rings is 1. The lowest BCUT2D eigenvalue weighted by Gasteiger charge is -2.20. The Morgan fingerprint density at radius 2 is 2.04 bits per heavy atom. The molecule has 138 valence electrons. The van der Waals surface area contributed by atoms with Crippen molar-refractivity contribution in [1.82, 2.24) is 5.32 Å². The van der Waals surface area contributed by atoms with Crippen LogP contribution in [0.25, 0.3) is 0 Å². The maximum Gasteiger partial charge on any atom is 0.498 e. The number of halogens is 3. The van der Waals surface area contributed by atoms with E-state index in [4.69, 9.17) is 5.73 Å². The summed E-state index contributed by atoms with van der Waals surface area (Å²) in [4.78, 5) is 27.4. The number of rotatable bonds is 6. The largest absolute Gasteiger partial charge is 0.498 e. The van der Waals surface area contributed by atoms with E-state index in [1.807, 2.05) is 13.8 Å². The molecule has 1 aliphatic rings. The molecule has 1 atom stereocenters. The van der Waals surface area contributed by atoms with Crippen molar-refractivity contribution >= 4 is 11.9 Å². The fourth-order valence-electron chi connectivity index (χ4n) is 2.50. The van der Waals surface area contributed by atoms with Gasteiger partial charge in [-0.25, -0.2) is 4.79 Å². The normalized spacial score (nSPS) is 17.1. The molecule has 0 bridgehead atoms. The molecule has 0 spiro atoms. The van der Waals surface area contributed by atoms with Crippen molar-refractivity contribution in [2.75, 3.05) is 0 Å². The molecule has 2 rings (SSSR count). The van der Waals surface area contributed by atoms with Crippen molar-refractivity contribution < 1.29 is 32.3 Å². The molecule has 0 unspecified atom stereocenters. The van der Waals surface area contributed by atoms with E-state index in [0.29, 0.717) is 29.6 Å². The van der Waals surface area contributed by atoms with Gasteiger partial charge in [0.2, 0.25) is 18.3 Å². The minimum absolute atomic E-state index is 0.261. The van der Waals surface area contributed by atoms with Gasteiger partial charge in [-0.1, -0.05) is 13.8 Å². The highest BCUT2D eigenvalue weighted by Gasteiger charge is 2.49. The Hall–Kier alpha value is -2.16. The second-order valence-electron chi connectivity index (χ2n) is 6.64. The molecule has 1 aromatic heterocycles. The van der Waals surface area contributed by atoms with Crippen molar-refractivity contribution in [2.24, 2.45) is 11.7 Å². The molecule has 1 aliphatic carbocycles. The average molecular weight is 360 g/mol. The summed E-state index contributed by atoms with van der Waals surface area (Å²) >= 11 is 0. The zero-order chi connectivity index (χ0) is 18.8. The standard InChI is InChI=1S/C16H20F3N3O3/c1-10(2)8-12(20)13(23)21-15(5-6-15)11-4-3-7-22(9-11)25-14(24)16(17,18)19/h3-4,7,9-10,12H,5-6,8,20H2,1-2H3/p+1/t12-/m1/s1. The zero-order valence-electron chi connectivity index (χ0n) is 14.0. The van der Waals surface area contributed by atoms with Crippen LogP contribution >= 0.6 is 0 Å². The Labute approximate surface area is 143 Å². The second kappa shape index (κ2) is 6.99. The topological polar surface area (TPSA) is 85.3 Å². The molecule has 0 saturated heterocycles. The van der Waals surface area contributed by atoms with Crippen LogP contribution in [0.4, 0.5) is 13.2 Å². The number of nitrogens with one attached hydrogen (secondary N) is 1. The van der Waals surface area contributed by atoms with E-state index in [1.54, 1.807) is 6.07 Å². The monoisotopic (exact) mass is 360 g/mol. The van der Waals surface area contributed by atoms with Gasteiger partial charge in [-0.2, -0.15) is 18.0 Å². The number of alkyl halides is 3. The van der Waals surface area contributed by atoms with Crippen molar-refractivity contribution in [3.8, 4) is 0 Å². The van der Waals surface area contributed by atoms with Gasteiger partial charge in [-0.15, -0.1) is 0 Å². The summed E-state index contributed by atoms with van der Waals surface area (Å²) in [7, 11) is 0. The number of hydrogen-bond acceptors (Lipinski definition) is 4. The summed E-state index contributed by atoms with van der Waals surface area (Å²) < 4.78 is 37.5. The van der Waals surface area contributed by atoms with E-state index in [1.165, 1.54) is 18.5 Å². The third kappa shape index (κ3) is 4.91. The molecule has 1 fully saturated rings. The Balaban J connectivity index is 2.09. The zero-order valence-corrected chi connectivity index (χ0v) is 14.0. The molecule has 6 nitrogen and oxygen atoms in total. The van der Waals surface area contributed by atoms with E-state index < -0.39 is 23.7 Å². The SMILES string of the molecule is CC(C)C[C@@H](N)C(=O)NC1(c2ccc[n+](OC(=O)C(F)(F)F)c2)CC1. The van der Waals surface area contributed by atoms with Crippen LogP contribution in [-0.4, -0.2) is 24.1 Å². The van der Waals surface area contributed by atoms with Crippen molar-refractivity contribution in [1.29, 1.82) is 0 Å². The minimum atomic E-state index is -5.09. The molecule has 0 aromatic carbocycles. The van der Waals surface area contributed by atoms with Crippen molar-refractivity contribution in [3.05, 3.63) is 30.1 Å². The molecule has 0 radical (unpaired) electrons. The van der Waals surface area contributed by atoms with Gasteiger partial charge in [0.15, 0.2) is 0 Å². The summed E-state index contributed by atoms with van der Waals surface area (Å²) in [5.41, 5.74) is 5.73. The number of carbonyl (C=O) groups is 2. The predicted molar refractivity (Wildman–Crippen MR) is 80.8 cm³/mol. The number of amides is 1. The summed E-state index contributed by atoms with van der Waals surface area (Å²) in [6.07, 6.45) is -0.868. The second-order valence-corrected chi connectivity index (χ2v) is 6.64. The van der Waals surface area contributed by atoms with Crippen LogP contribution in [0.1, 0.15) is 38.7 Å². The van der Waals surface area contributed by atoms with E-state index >= 15 is 0 Å². The Morgan fingerprint density at radius 3 is 2.56 bits per heavy atom. The van der Waals surface area contributed by atoms with Gasteiger partial charge < -0.3 is 11.1 Å². The van der Waals surface area contributed by atoms with Gasteiger partial charge in [-0.3, -0.25) is 4.79 Å². The van der Waals surface area contributed by atoms with E-state index in [9.17, 15) is 22.8 Å². The minimum Gasteiger partial charge on any atom is -0.345 e. The fraction of sp³-hybridized carbons (Fsp3) is 0.562. The van der Waals surface area contributed by atoms with Crippen LogP contribution < -0.4 is 20.6 Å². The first-order chi connectivity index (χ1) is 11.5. The van der Waals surface area contributed by atoms with Crippen LogP contribution in [0.15, 0.2) is 24.5 Å². The van der Waals surface area contributed by atoms with E-state index in [-0.39, 0.29) is 11.8 Å². The molecule has 25 heavy (non-hydrogen) atoms. The van der Waals surface area contributed by atoms with Gasteiger partial charge in [-0.05, 0) is 31.2 Å². The Bertz CT molecular complexity index is 658. The van der Waals surface area contributed by atoms with Crippen LogP contribution in [-0.2, 0) is 15.1 Å². The highest BCUT2D eigenvalue weighted by Crippen LogP contribution is 2.45. The summed E-state index contributed by atoms with van der Waals surface area (Å²) in [6.45, 7) is 3.91. The maximum absolute atomic E-state index is 12.3. The van der Waals surface area contributed by atoms with Gasteiger partial charge in [0.1, 0.15) is 0 Å². The van der Waals surface area contributed by atoms with Gasteiger partial charge in [0.25, 0.3) is 0 Å². The first kappa shape index (κ1) is 19.2. The van der Waals surface area contributed by atoms with Crippen LogP contribution in [0.2, 0.25) is 0 Å². The van der Waals surface area contributed by atoms with Gasteiger partial charge in [0.05, 0.1) is 11.6 Å². The van der Waals surface area contributed by atoms with Crippen LogP contribution in [0.5, 0.6) is 0 Å². The summed E-state index contributed by atoms with van der Waals surface area (Å²) in [5, 5.41) is 2.86. The van der Waals surface area contributed by atoms with Gasteiger partial charge in [0, 0.05) is 16.4 Å². The third-order valence-corrected chi connectivity index (χ3v) is 3.92.